The Hall–Kier alpha value is -2.51. The molecule has 3 N–H and O–H groups in total. The summed E-state index contributed by atoms with van der Waals surface area (Å²) in [4.78, 5) is 13.1. The van der Waals surface area contributed by atoms with Crippen LogP contribution in [0.3, 0.4) is 0 Å². The molecule has 0 radical (unpaired) electrons. The van der Waals surface area contributed by atoms with Crippen molar-refractivity contribution in [1.82, 2.24) is 24.8 Å². The number of nitrogens with zero attached hydrogens (tertiary/aromatic N) is 4. The fourth-order valence-electron chi connectivity index (χ4n) is 2.53. The average molecular weight is 326 g/mol. The summed E-state index contributed by atoms with van der Waals surface area (Å²) in [5.74, 6) is 2.11. The van der Waals surface area contributed by atoms with Gasteiger partial charge in [-0.1, -0.05) is 0 Å². The molecule has 3 rings (SSSR count). The second-order valence-corrected chi connectivity index (χ2v) is 5.83. The zero-order chi connectivity index (χ0) is 16.9. The van der Waals surface area contributed by atoms with Crippen LogP contribution >= 0.6 is 0 Å². The van der Waals surface area contributed by atoms with E-state index < -0.39 is 0 Å². The number of fused-ring (bicyclic) bond motifs is 1. The minimum Gasteiger partial charge on any atom is -0.395 e. The van der Waals surface area contributed by atoms with Gasteiger partial charge in [0.15, 0.2) is 0 Å². The Bertz CT molecular complexity index is 814. The lowest BCUT2D eigenvalue weighted by atomic mass is 10.3. The molecular formula is C17H22N6O. The second kappa shape index (κ2) is 7.37. The van der Waals surface area contributed by atoms with E-state index in [0.29, 0.717) is 30.8 Å². The van der Waals surface area contributed by atoms with Gasteiger partial charge in [-0.15, -0.1) is 0 Å². The van der Waals surface area contributed by atoms with Gasteiger partial charge in [0.25, 0.3) is 0 Å². The van der Waals surface area contributed by atoms with Crippen LogP contribution in [0.1, 0.15) is 25.7 Å². The molecule has 126 valence electrons. The highest BCUT2D eigenvalue weighted by Crippen LogP contribution is 2.23. The van der Waals surface area contributed by atoms with Crippen molar-refractivity contribution in [1.29, 1.82) is 0 Å². The molecule has 7 heteroatoms. The highest BCUT2D eigenvalue weighted by Gasteiger charge is 2.07. The lowest BCUT2D eigenvalue weighted by molar-refractivity contribution is 0.291. The quantitative estimate of drug-likeness (QED) is 0.577. The van der Waals surface area contributed by atoms with Crippen molar-refractivity contribution >= 4 is 22.5 Å². The van der Waals surface area contributed by atoms with Crippen molar-refractivity contribution in [3.8, 4) is 0 Å². The summed E-state index contributed by atoms with van der Waals surface area (Å²) in [6.07, 6.45) is 5.65. The van der Waals surface area contributed by atoms with Crippen LogP contribution in [0, 0.1) is 0 Å². The highest BCUT2D eigenvalue weighted by atomic mass is 16.3. The molecule has 24 heavy (non-hydrogen) atoms. The molecule has 0 amide bonds. The third-order valence-corrected chi connectivity index (χ3v) is 3.69. The number of anilines is 2. The minimum atomic E-state index is 0.0946. The van der Waals surface area contributed by atoms with E-state index in [0.717, 1.165) is 16.7 Å². The first-order valence-electron chi connectivity index (χ1n) is 8.04. The Morgan fingerprint density at radius 3 is 2.88 bits per heavy atom. The van der Waals surface area contributed by atoms with Crippen molar-refractivity contribution in [3.05, 3.63) is 42.6 Å². The van der Waals surface area contributed by atoms with Crippen molar-refractivity contribution in [2.24, 2.45) is 0 Å². The van der Waals surface area contributed by atoms with E-state index in [9.17, 15) is 0 Å². The lowest BCUT2D eigenvalue weighted by Crippen LogP contribution is -2.19. The molecule has 0 saturated carbocycles. The van der Waals surface area contributed by atoms with Crippen LogP contribution in [0.2, 0.25) is 0 Å². The maximum Gasteiger partial charge on any atom is 0.144 e. The Labute approximate surface area is 140 Å². The van der Waals surface area contributed by atoms with Crippen LogP contribution in [-0.2, 0) is 6.54 Å². The summed E-state index contributed by atoms with van der Waals surface area (Å²) in [5.41, 5.74) is 1.14. The zero-order valence-corrected chi connectivity index (χ0v) is 13.9. The maximum atomic E-state index is 8.80. The molecule has 0 aliphatic rings. The van der Waals surface area contributed by atoms with Crippen LogP contribution in [0.5, 0.6) is 0 Å². The summed E-state index contributed by atoms with van der Waals surface area (Å²) in [6, 6.07) is 6.30. The predicted octanol–water partition coefficient (Wildman–Crippen LogP) is 2.23. The van der Waals surface area contributed by atoms with Crippen molar-refractivity contribution in [2.75, 3.05) is 18.5 Å². The Kier molecular flexibility index (Phi) is 5.02. The van der Waals surface area contributed by atoms with Gasteiger partial charge >= 0.3 is 0 Å². The number of hydrogen-bond donors (Lipinski definition) is 3. The van der Waals surface area contributed by atoms with E-state index >= 15 is 0 Å². The Balaban J connectivity index is 1.79. The Morgan fingerprint density at radius 2 is 2.08 bits per heavy atom. The van der Waals surface area contributed by atoms with Crippen LogP contribution in [-0.4, -0.2) is 37.8 Å². The second-order valence-electron chi connectivity index (χ2n) is 5.83. The molecule has 0 fully saturated rings. The fourth-order valence-corrected chi connectivity index (χ4v) is 2.53. The van der Waals surface area contributed by atoms with Gasteiger partial charge < -0.3 is 20.3 Å². The molecule has 3 aromatic rings. The topological polar surface area (TPSA) is 87.9 Å². The smallest absolute Gasteiger partial charge is 0.144 e. The summed E-state index contributed by atoms with van der Waals surface area (Å²) in [5, 5.41) is 16.2. The molecule has 3 aromatic heterocycles. The third-order valence-electron chi connectivity index (χ3n) is 3.69. The van der Waals surface area contributed by atoms with Gasteiger partial charge in [0.1, 0.15) is 17.5 Å². The van der Waals surface area contributed by atoms with E-state index in [1.807, 2.05) is 18.3 Å². The number of nitrogens with one attached hydrogen (secondary N) is 2. The van der Waals surface area contributed by atoms with E-state index in [4.69, 9.17) is 5.11 Å². The van der Waals surface area contributed by atoms with E-state index in [1.54, 1.807) is 6.20 Å². The first-order chi connectivity index (χ1) is 11.7. The van der Waals surface area contributed by atoms with Gasteiger partial charge in [-0.05, 0) is 26.0 Å². The standard InChI is InChI=1S/C17H22N6O/c1-12(2)23-7-4-13-10-20-16(9-14(13)23)21-15-3-5-19-17(22-15)11-18-6-8-24/h3-5,7,9-10,12,18,24H,6,8,11H2,1-2H3,(H,19,20,21,22). The van der Waals surface area contributed by atoms with Gasteiger partial charge in [0, 0.05) is 42.6 Å². The van der Waals surface area contributed by atoms with Gasteiger partial charge in [-0.3, -0.25) is 0 Å². The first-order valence-corrected chi connectivity index (χ1v) is 8.04. The minimum absolute atomic E-state index is 0.0946. The van der Waals surface area contributed by atoms with Crippen LogP contribution in [0.4, 0.5) is 11.6 Å². The molecule has 0 aromatic carbocycles. The van der Waals surface area contributed by atoms with Gasteiger partial charge in [0.2, 0.25) is 0 Å². The molecule has 0 saturated heterocycles. The molecule has 0 atom stereocenters. The van der Waals surface area contributed by atoms with Gasteiger partial charge in [0.05, 0.1) is 18.7 Å². The van der Waals surface area contributed by atoms with E-state index in [1.165, 1.54) is 0 Å². The SMILES string of the molecule is CC(C)n1ccc2cnc(Nc3ccnc(CNCCO)n3)cc21. The molecule has 3 heterocycles. The van der Waals surface area contributed by atoms with Gasteiger partial charge in [-0.25, -0.2) is 15.0 Å². The normalized spacial score (nSPS) is 11.3. The fraction of sp³-hybridized carbons (Fsp3) is 0.353. The van der Waals surface area contributed by atoms with Crippen molar-refractivity contribution in [3.63, 3.8) is 0 Å². The van der Waals surface area contributed by atoms with E-state index in [-0.39, 0.29) is 6.61 Å². The summed E-state index contributed by atoms with van der Waals surface area (Å²) in [7, 11) is 0. The molecule has 0 spiro atoms. The van der Waals surface area contributed by atoms with Crippen LogP contribution < -0.4 is 10.6 Å². The number of aliphatic hydroxyl groups is 1. The average Bonchev–Trinajstić information content (AvgIpc) is 2.99. The monoisotopic (exact) mass is 326 g/mol. The number of hydrogen-bond acceptors (Lipinski definition) is 6. The summed E-state index contributed by atoms with van der Waals surface area (Å²) in [6.45, 7) is 5.44. The third kappa shape index (κ3) is 3.69. The summed E-state index contributed by atoms with van der Waals surface area (Å²) >= 11 is 0. The van der Waals surface area contributed by atoms with Gasteiger partial charge in [-0.2, -0.15) is 0 Å². The molecule has 0 aliphatic heterocycles. The van der Waals surface area contributed by atoms with Crippen LogP contribution in [0.25, 0.3) is 10.9 Å². The van der Waals surface area contributed by atoms with Crippen LogP contribution in [0.15, 0.2) is 36.8 Å². The molecule has 7 nitrogen and oxygen atoms in total. The van der Waals surface area contributed by atoms with Crippen molar-refractivity contribution < 1.29 is 5.11 Å². The number of aromatic nitrogens is 4. The summed E-state index contributed by atoms with van der Waals surface area (Å²) < 4.78 is 2.21. The lowest BCUT2D eigenvalue weighted by Gasteiger charge is -2.11. The molecule has 0 unspecified atom stereocenters. The maximum absolute atomic E-state index is 8.80. The number of rotatable bonds is 7. The number of aliphatic hydroxyl groups excluding tert-OH is 1. The van der Waals surface area contributed by atoms with Crippen molar-refractivity contribution in [2.45, 2.75) is 26.4 Å². The predicted molar refractivity (Wildman–Crippen MR) is 94.2 cm³/mol. The zero-order valence-electron chi connectivity index (χ0n) is 13.9. The van der Waals surface area contributed by atoms with E-state index in [2.05, 4.69) is 56.3 Å². The molecule has 0 aliphatic carbocycles. The molecular weight excluding hydrogens is 304 g/mol. The first kappa shape index (κ1) is 16.4. The molecule has 0 bridgehead atoms. The largest absolute Gasteiger partial charge is 0.395 e. The Morgan fingerprint density at radius 1 is 1.21 bits per heavy atom. The highest BCUT2D eigenvalue weighted by molar-refractivity contribution is 5.82. The number of pyridine rings is 1.